The van der Waals surface area contributed by atoms with Crippen LogP contribution in [0.2, 0.25) is 0 Å². The molecular formula is C27H31F3N2O3S. The van der Waals surface area contributed by atoms with Gasteiger partial charge in [0.15, 0.2) is 0 Å². The van der Waals surface area contributed by atoms with Crippen molar-refractivity contribution in [3.05, 3.63) is 53.8 Å². The van der Waals surface area contributed by atoms with Gasteiger partial charge in [-0.25, -0.2) is 21.6 Å². The van der Waals surface area contributed by atoms with Crippen molar-refractivity contribution in [2.75, 3.05) is 13.6 Å². The Morgan fingerprint density at radius 2 is 1.69 bits per heavy atom. The second kappa shape index (κ2) is 9.49. The molecular weight excluding hydrogens is 489 g/mol. The molecule has 0 spiro atoms. The fourth-order valence-corrected chi connectivity index (χ4v) is 7.40. The number of hydrogen-bond acceptors (Lipinski definition) is 3. The van der Waals surface area contributed by atoms with Crippen LogP contribution >= 0.6 is 0 Å². The maximum Gasteiger partial charge on any atom is 0.248 e. The van der Waals surface area contributed by atoms with Gasteiger partial charge in [-0.15, -0.1) is 0 Å². The molecule has 2 saturated carbocycles. The zero-order valence-electron chi connectivity index (χ0n) is 20.3. The van der Waals surface area contributed by atoms with Gasteiger partial charge < -0.3 is 4.90 Å². The summed E-state index contributed by atoms with van der Waals surface area (Å²) in [5.41, 5.74) is 1.49. The summed E-state index contributed by atoms with van der Waals surface area (Å²) in [5, 5.41) is 0. The molecule has 194 valence electrons. The lowest BCUT2D eigenvalue weighted by Gasteiger charge is -2.37. The lowest BCUT2D eigenvalue weighted by atomic mass is 9.91. The lowest BCUT2D eigenvalue weighted by Crippen LogP contribution is -2.50. The average molecular weight is 521 g/mol. The number of sulfonamides is 1. The molecule has 1 atom stereocenters. The van der Waals surface area contributed by atoms with Crippen LogP contribution in [0.5, 0.6) is 0 Å². The van der Waals surface area contributed by atoms with Crippen molar-refractivity contribution >= 4 is 15.9 Å². The third kappa shape index (κ3) is 4.79. The molecule has 0 N–H and O–H groups in total. The summed E-state index contributed by atoms with van der Waals surface area (Å²) in [4.78, 5) is 14.9. The number of amides is 1. The van der Waals surface area contributed by atoms with Gasteiger partial charge >= 0.3 is 0 Å². The number of carbonyl (C=O) groups excluding carboxylic acids is 1. The van der Waals surface area contributed by atoms with Gasteiger partial charge in [0.2, 0.25) is 21.9 Å². The van der Waals surface area contributed by atoms with Crippen molar-refractivity contribution in [1.82, 2.24) is 9.21 Å². The number of likely N-dealkylation sites (N-methyl/N-ethyl adjacent to an activating group) is 1. The zero-order chi connectivity index (χ0) is 25.7. The Hall–Kier alpha value is -2.39. The summed E-state index contributed by atoms with van der Waals surface area (Å²) < 4.78 is 71.2. The van der Waals surface area contributed by atoms with Crippen LogP contribution in [0, 0.1) is 5.82 Å². The van der Waals surface area contributed by atoms with Crippen molar-refractivity contribution in [2.24, 2.45) is 0 Å². The molecule has 1 heterocycles. The Kier molecular flexibility index (Phi) is 6.66. The first-order valence-electron chi connectivity index (χ1n) is 12.6. The van der Waals surface area contributed by atoms with E-state index in [0.29, 0.717) is 24.3 Å². The molecule has 0 radical (unpaired) electrons. The third-order valence-corrected chi connectivity index (χ3v) is 9.84. The van der Waals surface area contributed by atoms with E-state index < -0.39 is 27.8 Å². The van der Waals surface area contributed by atoms with Gasteiger partial charge in [-0.3, -0.25) is 4.79 Å². The summed E-state index contributed by atoms with van der Waals surface area (Å²) in [6.45, 7) is 0.177. The highest BCUT2D eigenvalue weighted by atomic mass is 32.2. The fraction of sp³-hybridized carbons (Fsp3) is 0.519. The molecule has 1 saturated heterocycles. The number of halogens is 3. The number of rotatable bonds is 6. The van der Waals surface area contributed by atoms with Crippen LogP contribution in [0.15, 0.2) is 47.4 Å². The number of nitrogens with zero attached hydrogens (tertiary/aromatic N) is 2. The van der Waals surface area contributed by atoms with Crippen molar-refractivity contribution in [3.63, 3.8) is 0 Å². The summed E-state index contributed by atoms with van der Waals surface area (Å²) in [5.74, 6) is -3.23. The van der Waals surface area contributed by atoms with E-state index in [1.807, 2.05) is 0 Å². The normalized spacial score (nSPS) is 23.1. The molecule has 3 fully saturated rings. The number of benzene rings is 2. The molecule has 5 rings (SSSR count). The number of alkyl halides is 2. The number of carbonyl (C=O) groups is 1. The Bertz CT molecular complexity index is 1250. The highest BCUT2D eigenvalue weighted by molar-refractivity contribution is 7.89. The van der Waals surface area contributed by atoms with Crippen LogP contribution in [0.4, 0.5) is 13.2 Å². The molecule has 1 amide bonds. The highest BCUT2D eigenvalue weighted by Gasteiger charge is 2.44. The second-order valence-electron chi connectivity index (χ2n) is 10.3. The van der Waals surface area contributed by atoms with Gasteiger partial charge in [-0.1, -0.05) is 24.3 Å². The minimum atomic E-state index is -4.13. The van der Waals surface area contributed by atoms with Crippen LogP contribution < -0.4 is 0 Å². The molecule has 2 aromatic rings. The van der Waals surface area contributed by atoms with Crippen molar-refractivity contribution in [3.8, 4) is 11.1 Å². The SMILES string of the molecule is CN(C(=O)[C@@H]1CCCN1S(=O)(=O)c1ccc(C2CC2)cc1-c1ccccc1F)C1CCC(F)(F)CC1. The van der Waals surface area contributed by atoms with Crippen LogP contribution in [0.25, 0.3) is 11.1 Å². The first-order chi connectivity index (χ1) is 17.1. The van der Waals surface area contributed by atoms with E-state index in [1.165, 1.54) is 21.3 Å². The molecule has 5 nitrogen and oxygen atoms in total. The van der Waals surface area contributed by atoms with Crippen molar-refractivity contribution in [2.45, 2.75) is 80.2 Å². The number of hydrogen-bond donors (Lipinski definition) is 0. The smallest absolute Gasteiger partial charge is 0.248 e. The molecule has 2 aliphatic carbocycles. The van der Waals surface area contributed by atoms with Gasteiger partial charge in [-0.2, -0.15) is 4.31 Å². The van der Waals surface area contributed by atoms with Gasteiger partial charge in [0.25, 0.3) is 0 Å². The summed E-state index contributed by atoms with van der Waals surface area (Å²) in [6.07, 6.45) is 2.74. The maximum absolute atomic E-state index is 14.8. The Balaban J connectivity index is 1.46. The minimum absolute atomic E-state index is 0.0170. The predicted octanol–water partition coefficient (Wildman–Crippen LogP) is 5.56. The molecule has 3 aliphatic rings. The Labute approximate surface area is 210 Å². The molecule has 1 aliphatic heterocycles. The van der Waals surface area contributed by atoms with Crippen LogP contribution in [-0.2, 0) is 14.8 Å². The summed E-state index contributed by atoms with van der Waals surface area (Å²) >= 11 is 0. The van der Waals surface area contributed by atoms with Gasteiger partial charge in [0, 0.05) is 43.6 Å². The summed E-state index contributed by atoms with van der Waals surface area (Å²) in [7, 11) is -2.56. The molecule has 9 heteroatoms. The predicted molar refractivity (Wildman–Crippen MR) is 131 cm³/mol. The van der Waals surface area contributed by atoms with E-state index in [9.17, 15) is 26.4 Å². The molecule has 0 aromatic heterocycles. The highest BCUT2D eigenvalue weighted by Crippen LogP contribution is 2.44. The molecule has 2 aromatic carbocycles. The van der Waals surface area contributed by atoms with E-state index in [1.54, 1.807) is 37.4 Å². The Morgan fingerprint density at radius 3 is 2.36 bits per heavy atom. The van der Waals surface area contributed by atoms with Gasteiger partial charge in [-0.05, 0) is 68.2 Å². The average Bonchev–Trinajstić information content (AvgIpc) is 3.58. The molecule has 36 heavy (non-hydrogen) atoms. The molecule has 0 bridgehead atoms. The minimum Gasteiger partial charge on any atom is -0.341 e. The van der Waals surface area contributed by atoms with E-state index in [2.05, 4.69) is 0 Å². The zero-order valence-corrected chi connectivity index (χ0v) is 21.1. The monoisotopic (exact) mass is 520 g/mol. The second-order valence-corrected chi connectivity index (χ2v) is 12.2. The van der Waals surface area contributed by atoms with E-state index >= 15 is 0 Å². The topological polar surface area (TPSA) is 57.7 Å². The van der Waals surface area contributed by atoms with Crippen LogP contribution in [-0.4, -0.2) is 55.1 Å². The summed E-state index contributed by atoms with van der Waals surface area (Å²) in [6, 6.07) is 9.96. The largest absolute Gasteiger partial charge is 0.341 e. The van der Waals surface area contributed by atoms with Crippen LogP contribution in [0.1, 0.15) is 62.8 Å². The first-order valence-corrected chi connectivity index (χ1v) is 14.1. The van der Waals surface area contributed by atoms with Gasteiger partial charge in [0.05, 0.1) is 4.90 Å². The van der Waals surface area contributed by atoms with Crippen molar-refractivity contribution in [1.29, 1.82) is 0 Å². The van der Waals surface area contributed by atoms with Gasteiger partial charge in [0.1, 0.15) is 11.9 Å². The third-order valence-electron chi connectivity index (χ3n) is 7.87. The lowest BCUT2D eigenvalue weighted by molar-refractivity contribution is -0.138. The van der Waals surface area contributed by atoms with Crippen LogP contribution in [0.3, 0.4) is 0 Å². The fourth-order valence-electron chi connectivity index (χ4n) is 5.56. The first kappa shape index (κ1) is 25.3. The van der Waals surface area contributed by atoms with E-state index in [-0.39, 0.29) is 54.6 Å². The van der Waals surface area contributed by atoms with E-state index in [0.717, 1.165) is 18.4 Å². The quantitative estimate of drug-likeness (QED) is 0.501. The Morgan fingerprint density at radius 1 is 1.00 bits per heavy atom. The maximum atomic E-state index is 14.8. The molecule has 0 unspecified atom stereocenters. The van der Waals surface area contributed by atoms with Crippen molar-refractivity contribution < 1.29 is 26.4 Å². The van der Waals surface area contributed by atoms with E-state index in [4.69, 9.17) is 0 Å². The standard InChI is InChI=1S/C27H31F3N2O3S/c1-31(20-12-14-27(29,30)15-13-20)26(33)24-7-4-16-32(24)36(34,35)25-11-10-19(18-8-9-18)17-22(25)21-5-2-3-6-23(21)28/h2-3,5-6,10-11,17-18,20,24H,4,7-9,12-16H2,1H3/t24-/m0/s1.